The fraction of sp³-hybridized carbons (Fsp3) is 0.292. The van der Waals surface area contributed by atoms with E-state index in [9.17, 15) is 10.1 Å². The lowest BCUT2D eigenvalue weighted by Gasteiger charge is -2.43. The van der Waals surface area contributed by atoms with Crippen LogP contribution >= 0.6 is 0 Å². The topological polar surface area (TPSA) is 92.2 Å². The van der Waals surface area contributed by atoms with Crippen molar-refractivity contribution in [1.82, 2.24) is 4.98 Å². The van der Waals surface area contributed by atoms with Crippen LogP contribution in [0.1, 0.15) is 38.2 Å². The van der Waals surface area contributed by atoms with E-state index in [4.69, 9.17) is 10.5 Å². The van der Waals surface area contributed by atoms with Crippen LogP contribution in [0.25, 0.3) is 0 Å². The SMILES string of the molecule is COc1ccc(N2C(N)=C(C#N)C(c3ccncc3)C3=C2CC(C)(C)CC3=O)cc1. The van der Waals surface area contributed by atoms with Crippen LogP contribution in [0.5, 0.6) is 5.75 Å². The van der Waals surface area contributed by atoms with Crippen LogP contribution in [-0.4, -0.2) is 17.9 Å². The molecule has 6 nitrogen and oxygen atoms in total. The second-order valence-electron chi connectivity index (χ2n) is 8.46. The van der Waals surface area contributed by atoms with Gasteiger partial charge in [-0.25, -0.2) is 0 Å². The van der Waals surface area contributed by atoms with Gasteiger partial charge in [-0.1, -0.05) is 13.8 Å². The second kappa shape index (κ2) is 7.34. The van der Waals surface area contributed by atoms with Crippen LogP contribution < -0.4 is 15.4 Å². The minimum Gasteiger partial charge on any atom is -0.497 e. The van der Waals surface area contributed by atoms with Gasteiger partial charge in [-0.2, -0.15) is 5.26 Å². The number of anilines is 1. The Hall–Kier alpha value is -3.59. The quantitative estimate of drug-likeness (QED) is 0.836. The zero-order chi connectivity index (χ0) is 21.5. The summed E-state index contributed by atoms with van der Waals surface area (Å²) in [5, 5.41) is 10.0. The van der Waals surface area contributed by atoms with Gasteiger partial charge in [0, 0.05) is 35.8 Å². The number of allylic oxidation sites excluding steroid dienone is 3. The number of benzene rings is 1. The third-order valence-electron chi connectivity index (χ3n) is 5.75. The molecular weight excluding hydrogens is 376 g/mol. The predicted octanol–water partition coefficient (Wildman–Crippen LogP) is 4.03. The third-order valence-corrected chi connectivity index (χ3v) is 5.75. The molecule has 0 saturated heterocycles. The summed E-state index contributed by atoms with van der Waals surface area (Å²) < 4.78 is 5.27. The summed E-state index contributed by atoms with van der Waals surface area (Å²) in [6, 6.07) is 13.4. The van der Waals surface area contributed by atoms with E-state index >= 15 is 0 Å². The highest BCUT2D eigenvalue weighted by Gasteiger charge is 2.44. The predicted molar refractivity (Wildman–Crippen MR) is 114 cm³/mol. The Morgan fingerprint density at radius 3 is 2.43 bits per heavy atom. The number of ether oxygens (including phenoxy) is 1. The van der Waals surface area contributed by atoms with Crippen molar-refractivity contribution in [2.45, 2.75) is 32.6 Å². The number of nitrogens with zero attached hydrogens (tertiary/aromatic N) is 3. The van der Waals surface area contributed by atoms with E-state index in [1.54, 1.807) is 19.5 Å². The summed E-state index contributed by atoms with van der Waals surface area (Å²) in [6.07, 6.45) is 4.46. The third kappa shape index (κ3) is 3.22. The summed E-state index contributed by atoms with van der Waals surface area (Å²) >= 11 is 0. The number of Topliss-reactive ketones (excluding diaryl/α,β-unsaturated/α-hetero) is 1. The zero-order valence-electron chi connectivity index (χ0n) is 17.3. The number of hydrogen-bond acceptors (Lipinski definition) is 6. The molecule has 0 radical (unpaired) electrons. The maximum Gasteiger partial charge on any atom is 0.162 e. The van der Waals surface area contributed by atoms with Gasteiger partial charge in [-0.15, -0.1) is 0 Å². The molecule has 6 heteroatoms. The lowest BCUT2D eigenvalue weighted by Crippen LogP contribution is -2.42. The molecule has 2 aliphatic rings. The molecule has 0 saturated carbocycles. The monoisotopic (exact) mass is 400 g/mol. The van der Waals surface area contributed by atoms with Crippen LogP contribution in [-0.2, 0) is 4.79 Å². The van der Waals surface area contributed by atoms with Gasteiger partial charge >= 0.3 is 0 Å². The lowest BCUT2D eigenvalue weighted by atomic mass is 9.68. The molecule has 0 bridgehead atoms. The van der Waals surface area contributed by atoms with E-state index in [2.05, 4.69) is 24.9 Å². The number of pyridine rings is 1. The van der Waals surface area contributed by atoms with E-state index in [0.29, 0.717) is 29.8 Å². The Morgan fingerprint density at radius 2 is 1.83 bits per heavy atom. The highest BCUT2D eigenvalue weighted by molar-refractivity contribution is 6.01. The normalized spacial score (nSPS) is 20.7. The fourth-order valence-corrected chi connectivity index (χ4v) is 4.42. The molecule has 1 aliphatic heterocycles. The van der Waals surface area contributed by atoms with E-state index in [-0.39, 0.29) is 11.2 Å². The lowest BCUT2D eigenvalue weighted by molar-refractivity contribution is -0.118. The Labute approximate surface area is 176 Å². The minimum absolute atomic E-state index is 0.0572. The Bertz CT molecular complexity index is 1090. The molecular formula is C24H24N4O2. The molecule has 1 aliphatic carbocycles. The molecule has 152 valence electrons. The van der Waals surface area contributed by atoms with Crippen molar-refractivity contribution in [1.29, 1.82) is 5.26 Å². The Kier molecular flexibility index (Phi) is 4.83. The van der Waals surface area contributed by atoms with E-state index in [1.807, 2.05) is 41.3 Å². The van der Waals surface area contributed by atoms with Gasteiger partial charge in [0.2, 0.25) is 0 Å². The highest BCUT2D eigenvalue weighted by Crippen LogP contribution is 2.50. The van der Waals surface area contributed by atoms with Gasteiger partial charge in [0.05, 0.1) is 24.7 Å². The van der Waals surface area contributed by atoms with Gasteiger partial charge in [-0.3, -0.25) is 14.7 Å². The molecule has 1 atom stereocenters. The number of hydrogen-bond donors (Lipinski definition) is 1. The van der Waals surface area contributed by atoms with Crippen LogP contribution in [0.4, 0.5) is 5.69 Å². The molecule has 1 unspecified atom stereocenters. The Morgan fingerprint density at radius 1 is 1.17 bits per heavy atom. The number of methoxy groups -OCH3 is 1. The number of ketones is 1. The summed E-state index contributed by atoms with van der Waals surface area (Å²) in [7, 11) is 1.61. The van der Waals surface area contributed by atoms with Gasteiger partial charge in [0.25, 0.3) is 0 Å². The highest BCUT2D eigenvalue weighted by atomic mass is 16.5. The first-order valence-corrected chi connectivity index (χ1v) is 9.86. The van der Waals surface area contributed by atoms with Crippen LogP contribution in [0.3, 0.4) is 0 Å². The second-order valence-corrected chi connectivity index (χ2v) is 8.46. The van der Waals surface area contributed by atoms with Crippen molar-refractivity contribution in [2.24, 2.45) is 11.1 Å². The summed E-state index contributed by atoms with van der Waals surface area (Å²) in [5.41, 5.74) is 9.93. The molecule has 0 spiro atoms. The van der Waals surface area contributed by atoms with Crippen molar-refractivity contribution >= 4 is 11.5 Å². The van der Waals surface area contributed by atoms with Crippen LogP contribution in [0.2, 0.25) is 0 Å². The van der Waals surface area contributed by atoms with Crippen molar-refractivity contribution < 1.29 is 9.53 Å². The smallest absolute Gasteiger partial charge is 0.162 e. The van der Waals surface area contributed by atoms with Gasteiger partial charge in [0.15, 0.2) is 5.78 Å². The average molecular weight is 400 g/mol. The average Bonchev–Trinajstić information content (AvgIpc) is 2.73. The van der Waals surface area contributed by atoms with Crippen molar-refractivity contribution in [3.05, 3.63) is 77.0 Å². The van der Waals surface area contributed by atoms with Crippen molar-refractivity contribution in [3.63, 3.8) is 0 Å². The van der Waals surface area contributed by atoms with Gasteiger partial charge in [-0.05, 0) is 53.8 Å². The summed E-state index contributed by atoms with van der Waals surface area (Å²) in [5.74, 6) is 0.657. The number of nitrogens with two attached hydrogens (primary N) is 1. The molecule has 2 N–H and O–H groups in total. The number of carbonyl (C=O) groups is 1. The van der Waals surface area contributed by atoms with E-state index in [1.165, 1.54) is 0 Å². The molecule has 30 heavy (non-hydrogen) atoms. The van der Waals surface area contributed by atoms with Gasteiger partial charge in [0.1, 0.15) is 11.6 Å². The van der Waals surface area contributed by atoms with Gasteiger partial charge < -0.3 is 10.5 Å². The van der Waals surface area contributed by atoms with Crippen molar-refractivity contribution in [2.75, 3.05) is 12.0 Å². The number of rotatable bonds is 3. The minimum atomic E-state index is -0.480. The first-order valence-electron chi connectivity index (χ1n) is 9.86. The molecule has 1 aromatic carbocycles. The fourth-order valence-electron chi connectivity index (χ4n) is 4.42. The first-order chi connectivity index (χ1) is 14.4. The summed E-state index contributed by atoms with van der Waals surface area (Å²) in [6.45, 7) is 4.17. The van der Waals surface area contributed by atoms with E-state index in [0.717, 1.165) is 22.7 Å². The van der Waals surface area contributed by atoms with E-state index < -0.39 is 5.92 Å². The maximum atomic E-state index is 13.4. The maximum absolute atomic E-state index is 13.4. The molecule has 2 aromatic rings. The Balaban J connectivity index is 1.97. The summed E-state index contributed by atoms with van der Waals surface area (Å²) in [4.78, 5) is 19.3. The molecule has 4 rings (SSSR count). The standard InChI is InChI=1S/C24H24N4O2/c1-24(2)12-19-22(20(29)13-24)21(15-8-10-27-11-9-15)18(14-25)23(26)28(19)16-4-6-17(30-3)7-5-16/h4-11,21H,12-13,26H2,1-3H3. The molecule has 1 aromatic heterocycles. The van der Waals surface area contributed by atoms with Crippen LogP contribution in [0, 0.1) is 16.7 Å². The molecule has 0 fully saturated rings. The first kappa shape index (κ1) is 19.7. The largest absolute Gasteiger partial charge is 0.497 e. The van der Waals surface area contributed by atoms with Crippen LogP contribution in [0.15, 0.2) is 71.5 Å². The zero-order valence-corrected chi connectivity index (χ0v) is 17.3. The van der Waals surface area contributed by atoms with Crippen molar-refractivity contribution in [3.8, 4) is 11.8 Å². The number of carbonyl (C=O) groups excluding carboxylic acids is 1. The number of nitriles is 1. The molecule has 2 heterocycles. The number of aromatic nitrogens is 1. The molecule has 0 amide bonds.